The first-order chi connectivity index (χ1) is 9.99. The number of rotatable bonds is 7. The minimum absolute atomic E-state index is 0.446. The number of hydrogen-bond acceptors (Lipinski definition) is 4. The molecule has 1 fully saturated rings. The van der Waals surface area contributed by atoms with Gasteiger partial charge in [0.15, 0.2) is 0 Å². The Balaban J connectivity index is 1.94. The molecule has 1 N–H and O–H groups in total. The number of nitrogens with zero attached hydrogens (tertiary/aromatic N) is 2. The minimum atomic E-state index is 0.446. The molecule has 120 valence electrons. The van der Waals surface area contributed by atoms with Gasteiger partial charge < -0.3 is 5.32 Å². The summed E-state index contributed by atoms with van der Waals surface area (Å²) in [7, 11) is 2.24. The van der Waals surface area contributed by atoms with Gasteiger partial charge in [-0.25, -0.2) is 4.98 Å². The molecular weight excluding hydrogens is 278 g/mol. The van der Waals surface area contributed by atoms with E-state index in [1.807, 2.05) is 5.51 Å². The highest BCUT2D eigenvalue weighted by Gasteiger charge is 2.35. The molecule has 1 aliphatic carbocycles. The molecule has 2 rings (SSSR count). The molecule has 0 aromatic carbocycles. The molecular formula is C17H31N3S. The summed E-state index contributed by atoms with van der Waals surface area (Å²) in [5.41, 5.74) is 3.59. The fourth-order valence-electron chi connectivity index (χ4n) is 3.41. The quantitative estimate of drug-likeness (QED) is 0.831. The fraction of sp³-hybridized carbons (Fsp3) is 0.824. The molecule has 4 heteroatoms. The van der Waals surface area contributed by atoms with Crippen molar-refractivity contribution in [2.45, 2.75) is 59.0 Å². The fourth-order valence-corrected chi connectivity index (χ4v) is 3.96. The second-order valence-corrected chi connectivity index (χ2v) is 8.09. The third kappa shape index (κ3) is 5.35. The first-order valence-electron chi connectivity index (χ1n) is 8.28. The Labute approximate surface area is 134 Å². The van der Waals surface area contributed by atoms with Crippen molar-refractivity contribution in [3.8, 4) is 0 Å². The Morgan fingerprint density at radius 1 is 1.43 bits per heavy atom. The van der Waals surface area contributed by atoms with Gasteiger partial charge in [0.2, 0.25) is 0 Å². The van der Waals surface area contributed by atoms with Crippen LogP contribution in [0.5, 0.6) is 0 Å². The molecule has 3 nitrogen and oxygen atoms in total. The van der Waals surface area contributed by atoms with Gasteiger partial charge in [-0.05, 0) is 31.2 Å². The number of hydrogen-bond donors (Lipinski definition) is 1. The van der Waals surface area contributed by atoms with E-state index in [0.717, 1.165) is 19.0 Å². The first-order valence-corrected chi connectivity index (χ1v) is 9.22. The monoisotopic (exact) mass is 309 g/mol. The lowest BCUT2D eigenvalue weighted by Gasteiger charge is -2.42. The van der Waals surface area contributed by atoms with Crippen LogP contribution < -0.4 is 5.32 Å². The highest BCUT2D eigenvalue weighted by atomic mass is 32.1. The Bertz CT molecular complexity index is 394. The molecule has 21 heavy (non-hydrogen) atoms. The molecule has 0 aliphatic heterocycles. The molecule has 0 bridgehead atoms. The van der Waals surface area contributed by atoms with E-state index in [4.69, 9.17) is 0 Å². The summed E-state index contributed by atoms with van der Waals surface area (Å²) < 4.78 is 0. The average Bonchev–Trinajstić information content (AvgIpc) is 2.92. The van der Waals surface area contributed by atoms with Crippen LogP contribution in [0.2, 0.25) is 0 Å². The van der Waals surface area contributed by atoms with E-state index in [-0.39, 0.29) is 0 Å². The SMILES string of the molecule is CC1CCC(CNC(C)C)(CN(C)Cc2cscn2)CC1. The standard InChI is InChI=1S/C17H31N3S/c1-14(2)18-11-17(7-5-15(3)6-8-17)12-20(4)9-16-10-21-13-19-16/h10,13-15,18H,5-9,11-12H2,1-4H3. The van der Waals surface area contributed by atoms with Gasteiger partial charge in [0.25, 0.3) is 0 Å². The summed E-state index contributed by atoms with van der Waals surface area (Å²) >= 11 is 1.69. The normalized spacial score (nSPS) is 26.7. The third-order valence-corrected chi connectivity index (χ3v) is 5.38. The Kier molecular flexibility index (Phi) is 6.20. The van der Waals surface area contributed by atoms with Crippen LogP contribution in [-0.2, 0) is 6.54 Å². The highest BCUT2D eigenvalue weighted by molar-refractivity contribution is 7.07. The van der Waals surface area contributed by atoms with Crippen LogP contribution in [0.3, 0.4) is 0 Å². The van der Waals surface area contributed by atoms with Crippen molar-refractivity contribution >= 4 is 11.3 Å². The summed E-state index contributed by atoms with van der Waals surface area (Å²) in [4.78, 5) is 6.88. The predicted molar refractivity (Wildman–Crippen MR) is 91.7 cm³/mol. The van der Waals surface area contributed by atoms with E-state index in [1.165, 1.54) is 37.9 Å². The highest BCUT2D eigenvalue weighted by Crippen LogP contribution is 2.39. The van der Waals surface area contributed by atoms with Crippen LogP contribution in [0.1, 0.15) is 52.1 Å². The van der Waals surface area contributed by atoms with Gasteiger partial charge in [0, 0.05) is 31.1 Å². The van der Waals surface area contributed by atoms with E-state index in [0.29, 0.717) is 11.5 Å². The lowest BCUT2D eigenvalue weighted by atomic mass is 9.70. The number of nitrogens with one attached hydrogen (secondary N) is 1. The second kappa shape index (κ2) is 7.70. The Morgan fingerprint density at radius 3 is 2.71 bits per heavy atom. The van der Waals surface area contributed by atoms with Crippen molar-refractivity contribution in [1.29, 1.82) is 0 Å². The zero-order valence-electron chi connectivity index (χ0n) is 14.1. The van der Waals surface area contributed by atoms with Gasteiger partial charge in [0.05, 0.1) is 11.2 Å². The molecule has 0 atom stereocenters. The van der Waals surface area contributed by atoms with Crippen molar-refractivity contribution < 1.29 is 0 Å². The molecule has 1 aliphatic rings. The van der Waals surface area contributed by atoms with Crippen molar-refractivity contribution in [3.05, 3.63) is 16.6 Å². The zero-order valence-corrected chi connectivity index (χ0v) is 14.9. The molecule has 1 heterocycles. The molecule has 1 aromatic heterocycles. The van der Waals surface area contributed by atoms with Gasteiger partial charge in [-0.3, -0.25) is 4.90 Å². The number of thiazole rings is 1. The van der Waals surface area contributed by atoms with Crippen LogP contribution in [0.25, 0.3) is 0 Å². The minimum Gasteiger partial charge on any atom is -0.314 e. The van der Waals surface area contributed by atoms with Gasteiger partial charge in [-0.1, -0.05) is 33.6 Å². The van der Waals surface area contributed by atoms with Gasteiger partial charge >= 0.3 is 0 Å². The molecule has 0 unspecified atom stereocenters. The van der Waals surface area contributed by atoms with E-state index in [2.05, 4.69) is 48.4 Å². The maximum absolute atomic E-state index is 4.42. The first kappa shape index (κ1) is 16.9. The van der Waals surface area contributed by atoms with Gasteiger partial charge in [0.1, 0.15) is 0 Å². The molecule has 0 radical (unpaired) electrons. The summed E-state index contributed by atoms with van der Waals surface area (Å²) in [6, 6.07) is 0.574. The smallest absolute Gasteiger partial charge is 0.0795 e. The van der Waals surface area contributed by atoms with E-state index in [9.17, 15) is 0 Å². The van der Waals surface area contributed by atoms with E-state index >= 15 is 0 Å². The largest absolute Gasteiger partial charge is 0.314 e. The molecule has 0 amide bonds. The van der Waals surface area contributed by atoms with E-state index in [1.54, 1.807) is 11.3 Å². The third-order valence-electron chi connectivity index (χ3n) is 4.74. The summed E-state index contributed by atoms with van der Waals surface area (Å²) in [6.45, 7) is 10.2. The van der Waals surface area contributed by atoms with Crippen molar-refractivity contribution in [1.82, 2.24) is 15.2 Å². The predicted octanol–water partition coefficient (Wildman–Crippen LogP) is 3.77. The zero-order chi connectivity index (χ0) is 15.3. The van der Waals surface area contributed by atoms with Gasteiger partial charge in [-0.15, -0.1) is 11.3 Å². The van der Waals surface area contributed by atoms with Crippen LogP contribution in [0.15, 0.2) is 10.9 Å². The molecule has 1 saturated carbocycles. The molecule has 0 spiro atoms. The van der Waals surface area contributed by atoms with Crippen molar-refractivity contribution in [3.63, 3.8) is 0 Å². The van der Waals surface area contributed by atoms with Crippen molar-refractivity contribution in [2.75, 3.05) is 20.1 Å². The second-order valence-electron chi connectivity index (χ2n) is 7.37. The summed E-state index contributed by atoms with van der Waals surface area (Å²) in [6.07, 6.45) is 5.47. The molecule has 0 saturated heterocycles. The average molecular weight is 310 g/mol. The topological polar surface area (TPSA) is 28.2 Å². The summed E-state index contributed by atoms with van der Waals surface area (Å²) in [5.74, 6) is 0.904. The van der Waals surface area contributed by atoms with Crippen LogP contribution >= 0.6 is 11.3 Å². The lowest BCUT2D eigenvalue weighted by Crippen LogP contribution is -2.46. The Hall–Kier alpha value is -0.450. The maximum Gasteiger partial charge on any atom is 0.0795 e. The molecule has 1 aromatic rings. The summed E-state index contributed by atoms with van der Waals surface area (Å²) in [5, 5.41) is 5.86. The Morgan fingerprint density at radius 2 is 2.14 bits per heavy atom. The lowest BCUT2D eigenvalue weighted by molar-refractivity contribution is 0.0932. The van der Waals surface area contributed by atoms with Crippen LogP contribution in [0.4, 0.5) is 0 Å². The number of aromatic nitrogens is 1. The maximum atomic E-state index is 4.42. The van der Waals surface area contributed by atoms with Crippen LogP contribution in [-0.4, -0.2) is 36.1 Å². The van der Waals surface area contributed by atoms with Crippen LogP contribution in [0, 0.1) is 11.3 Å². The van der Waals surface area contributed by atoms with E-state index < -0.39 is 0 Å². The van der Waals surface area contributed by atoms with Crippen molar-refractivity contribution in [2.24, 2.45) is 11.3 Å². The van der Waals surface area contributed by atoms with Gasteiger partial charge in [-0.2, -0.15) is 0 Å².